The summed E-state index contributed by atoms with van der Waals surface area (Å²) < 4.78 is 11.0. The van der Waals surface area contributed by atoms with Crippen molar-refractivity contribution in [3.8, 4) is 11.5 Å². The van der Waals surface area contributed by atoms with E-state index in [1.165, 1.54) is 0 Å². The Bertz CT molecular complexity index is 695. The molecule has 0 aliphatic carbocycles. The number of carbonyl (C=O) groups excluding carboxylic acids is 2. The Balaban J connectivity index is 1.96. The number of para-hydroxylation sites is 2. The predicted molar refractivity (Wildman–Crippen MR) is 92.8 cm³/mol. The van der Waals surface area contributed by atoms with Gasteiger partial charge >= 0.3 is 0 Å². The van der Waals surface area contributed by atoms with Crippen molar-refractivity contribution in [2.45, 2.75) is 20.3 Å². The maximum Gasteiger partial charge on any atom is 0.224 e. The second-order valence-electron chi connectivity index (χ2n) is 5.07. The summed E-state index contributed by atoms with van der Waals surface area (Å²) in [6.45, 7) is 4.12. The van der Waals surface area contributed by atoms with E-state index >= 15 is 0 Å². The summed E-state index contributed by atoms with van der Waals surface area (Å²) in [7, 11) is 0. The first-order valence-electron chi connectivity index (χ1n) is 7.91. The number of ether oxygens (including phenoxy) is 2. The van der Waals surface area contributed by atoms with Crippen LogP contribution in [0.4, 0.5) is 5.69 Å². The van der Waals surface area contributed by atoms with Crippen molar-refractivity contribution in [3.05, 3.63) is 54.1 Å². The molecule has 0 bridgehead atoms. The Labute approximate surface area is 141 Å². The van der Waals surface area contributed by atoms with Gasteiger partial charge in [-0.25, -0.2) is 0 Å². The van der Waals surface area contributed by atoms with Gasteiger partial charge in [0.25, 0.3) is 0 Å². The third-order valence-electron chi connectivity index (χ3n) is 3.32. The Morgan fingerprint density at radius 3 is 2.12 bits per heavy atom. The molecule has 0 radical (unpaired) electrons. The summed E-state index contributed by atoms with van der Waals surface area (Å²) in [6.07, 6.45) is 0.410. The molecule has 1 N–H and O–H groups in total. The fourth-order valence-corrected chi connectivity index (χ4v) is 2.06. The highest BCUT2D eigenvalue weighted by atomic mass is 16.5. The van der Waals surface area contributed by atoms with Gasteiger partial charge in [0, 0.05) is 17.7 Å². The second-order valence-corrected chi connectivity index (χ2v) is 5.07. The van der Waals surface area contributed by atoms with Gasteiger partial charge < -0.3 is 14.8 Å². The fourth-order valence-electron chi connectivity index (χ4n) is 2.06. The number of Topliss-reactive ketones (excluding diaryl/α,β-unsaturated/α-hetero) is 1. The number of benzene rings is 2. The number of hydrogen-bond donors (Lipinski definition) is 1. The summed E-state index contributed by atoms with van der Waals surface area (Å²) in [4.78, 5) is 23.6. The molecule has 0 atom stereocenters. The minimum Gasteiger partial charge on any atom is -0.490 e. The van der Waals surface area contributed by atoms with Crippen LogP contribution in [-0.4, -0.2) is 24.9 Å². The zero-order chi connectivity index (χ0) is 17.4. The van der Waals surface area contributed by atoms with Crippen molar-refractivity contribution >= 4 is 17.4 Å². The molecule has 0 aromatic heterocycles. The monoisotopic (exact) mass is 327 g/mol. The van der Waals surface area contributed by atoms with Crippen LogP contribution in [0.1, 0.15) is 30.6 Å². The van der Waals surface area contributed by atoms with E-state index in [-0.39, 0.29) is 18.3 Å². The molecule has 5 nitrogen and oxygen atoms in total. The average Bonchev–Trinajstić information content (AvgIpc) is 2.61. The lowest BCUT2D eigenvalue weighted by Crippen LogP contribution is -2.13. The van der Waals surface area contributed by atoms with Crippen molar-refractivity contribution in [3.63, 3.8) is 0 Å². The van der Waals surface area contributed by atoms with Gasteiger partial charge in [-0.3, -0.25) is 9.59 Å². The number of ketones is 1. The maximum atomic E-state index is 12.2. The maximum absolute atomic E-state index is 12.2. The summed E-state index contributed by atoms with van der Waals surface area (Å²) in [6, 6.07) is 14.0. The largest absolute Gasteiger partial charge is 0.490 e. The molecule has 0 unspecified atom stereocenters. The molecule has 5 heteroatoms. The van der Waals surface area contributed by atoms with Crippen molar-refractivity contribution < 1.29 is 19.1 Å². The standard InChI is InChI=1S/C19H21NO4/c1-3-19(22)20-15-11-9-14(10-12-15)16(21)13-24-18-8-6-5-7-17(18)23-4-2/h5-12H,3-4,13H2,1-2H3,(H,20,22). The SMILES string of the molecule is CCOc1ccccc1OCC(=O)c1ccc(NC(=O)CC)cc1. The number of rotatable bonds is 8. The molecule has 2 aromatic rings. The lowest BCUT2D eigenvalue weighted by atomic mass is 10.1. The van der Waals surface area contributed by atoms with Crippen LogP contribution in [0.25, 0.3) is 0 Å². The summed E-state index contributed by atoms with van der Waals surface area (Å²) in [5.74, 6) is 0.949. The predicted octanol–water partition coefficient (Wildman–Crippen LogP) is 3.70. The number of anilines is 1. The van der Waals surface area contributed by atoms with E-state index < -0.39 is 0 Å². The minimum atomic E-state index is -0.144. The highest BCUT2D eigenvalue weighted by Gasteiger charge is 2.10. The third kappa shape index (κ3) is 4.84. The molecule has 0 fully saturated rings. The molecular formula is C19H21NO4. The van der Waals surface area contributed by atoms with Gasteiger partial charge in [-0.1, -0.05) is 19.1 Å². The van der Waals surface area contributed by atoms with Crippen molar-refractivity contribution in [2.24, 2.45) is 0 Å². The van der Waals surface area contributed by atoms with Crippen LogP contribution in [0, 0.1) is 0 Å². The number of hydrogen-bond acceptors (Lipinski definition) is 4. The van der Waals surface area contributed by atoms with Crippen LogP contribution < -0.4 is 14.8 Å². The van der Waals surface area contributed by atoms with Crippen LogP contribution >= 0.6 is 0 Å². The molecule has 126 valence electrons. The van der Waals surface area contributed by atoms with Gasteiger partial charge in [-0.2, -0.15) is 0 Å². The molecule has 1 amide bonds. The molecule has 24 heavy (non-hydrogen) atoms. The Hall–Kier alpha value is -2.82. The average molecular weight is 327 g/mol. The lowest BCUT2D eigenvalue weighted by molar-refractivity contribution is -0.115. The van der Waals surface area contributed by atoms with E-state index in [1.54, 1.807) is 43.3 Å². The van der Waals surface area contributed by atoms with E-state index in [9.17, 15) is 9.59 Å². The van der Waals surface area contributed by atoms with Crippen LogP contribution in [0.15, 0.2) is 48.5 Å². The normalized spacial score (nSPS) is 10.1. The first-order chi connectivity index (χ1) is 11.6. The Morgan fingerprint density at radius 1 is 0.917 bits per heavy atom. The van der Waals surface area contributed by atoms with Crippen LogP contribution in [0.2, 0.25) is 0 Å². The van der Waals surface area contributed by atoms with Gasteiger partial charge in [0.2, 0.25) is 5.91 Å². The molecule has 2 rings (SSSR count). The van der Waals surface area contributed by atoms with E-state index in [1.807, 2.05) is 19.1 Å². The van der Waals surface area contributed by atoms with E-state index in [0.29, 0.717) is 35.8 Å². The molecule has 0 aliphatic rings. The van der Waals surface area contributed by atoms with Crippen molar-refractivity contribution in [2.75, 3.05) is 18.5 Å². The number of carbonyl (C=O) groups is 2. The Kier molecular flexibility index (Phi) is 6.37. The topological polar surface area (TPSA) is 64.6 Å². The third-order valence-corrected chi connectivity index (χ3v) is 3.32. The van der Waals surface area contributed by atoms with Crippen LogP contribution in [0.5, 0.6) is 11.5 Å². The van der Waals surface area contributed by atoms with E-state index in [4.69, 9.17) is 9.47 Å². The second kappa shape index (κ2) is 8.72. The molecule has 0 heterocycles. The molecule has 0 saturated carbocycles. The van der Waals surface area contributed by atoms with E-state index in [0.717, 1.165) is 0 Å². The van der Waals surface area contributed by atoms with Gasteiger partial charge in [0.1, 0.15) is 0 Å². The van der Waals surface area contributed by atoms with Gasteiger partial charge in [0.15, 0.2) is 23.9 Å². The van der Waals surface area contributed by atoms with E-state index in [2.05, 4.69) is 5.32 Å². The molecule has 0 spiro atoms. The first kappa shape index (κ1) is 17.5. The molecule has 0 saturated heterocycles. The van der Waals surface area contributed by atoms with Crippen molar-refractivity contribution in [1.82, 2.24) is 0 Å². The zero-order valence-electron chi connectivity index (χ0n) is 13.9. The molecular weight excluding hydrogens is 306 g/mol. The minimum absolute atomic E-state index is 0.0649. The first-order valence-corrected chi connectivity index (χ1v) is 7.91. The highest BCUT2D eigenvalue weighted by molar-refractivity contribution is 5.98. The number of amides is 1. The van der Waals surface area contributed by atoms with Crippen LogP contribution in [0.3, 0.4) is 0 Å². The number of nitrogens with one attached hydrogen (secondary N) is 1. The fraction of sp³-hybridized carbons (Fsp3) is 0.263. The van der Waals surface area contributed by atoms with Crippen molar-refractivity contribution in [1.29, 1.82) is 0 Å². The molecule has 2 aromatic carbocycles. The lowest BCUT2D eigenvalue weighted by Gasteiger charge is -2.11. The van der Waals surface area contributed by atoms with Gasteiger partial charge in [-0.05, 0) is 43.3 Å². The summed E-state index contributed by atoms with van der Waals surface area (Å²) in [5.41, 5.74) is 1.19. The quantitative estimate of drug-likeness (QED) is 0.751. The highest BCUT2D eigenvalue weighted by Crippen LogP contribution is 2.26. The summed E-state index contributed by atoms with van der Waals surface area (Å²) >= 11 is 0. The van der Waals surface area contributed by atoms with Crippen LogP contribution in [-0.2, 0) is 4.79 Å². The smallest absolute Gasteiger partial charge is 0.224 e. The Morgan fingerprint density at radius 2 is 1.54 bits per heavy atom. The summed E-state index contributed by atoms with van der Waals surface area (Å²) in [5, 5.41) is 2.74. The molecule has 0 aliphatic heterocycles. The van der Waals surface area contributed by atoms with Gasteiger partial charge in [0.05, 0.1) is 6.61 Å². The van der Waals surface area contributed by atoms with Gasteiger partial charge in [-0.15, -0.1) is 0 Å². The zero-order valence-corrected chi connectivity index (χ0v) is 13.9.